The molecule has 1 fully saturated rings. The Kier molecular flexibility index (Phi) is 7.20. The number of hydrogen-bond acceptors (Lipinski definition) is 6. The number of carbonyl (C=O) groups is 3. The molecule has 0 radical (unpaired) electrons. The quantitative estimate of drug-likeness (QED) is 0.208. The van der Waals surface area contributed by atoms with E-state index in [0.29, 0.717) is 23.2 Å². The summed E-state index contributed by atoms with van der Waals surface area (Å²) in [5.74, 6) is -2.49. The zero-order valence-corrected chi connectivity index (χ0v) is 20.1. The maximum Gasteiger partial charge on any atom is 0.338 e. The lowest BCUT2D eigenvalue weighted by Gasteiger charge is -2.26. The Morgan fingerprint density at radius 1 is 0.944 bits per heavy atom. The Morgan fingerprint density at radius 3 is 2.28 bits per heavy atom. The van der Waals surface area contributed by atoms with Crippen molar-refractivity contribution < 1.29 is 29.3 Å². The van der Waals surface area contributed by atoms with Gasteiger partial charge in [0.2, 0.25) is 0 Å². The Balaban J connectivity index is 1.86. The van der Waals surface area contributed by atoms with Gasteiger partial charge in [-0.15, -0.1) is 0 Å². The molecular weight excluding hydrogens is 458 g/mol. The van der Waals surface area contributed by atoms with E-state index in [1.807, 2.05) is 26.0 Å². The summed E-state index contributed by atoms with van der Waals surface area (Å²) in [6.07, 6.45) is 1.48. The number of aliphatic hydroxyl groups excluding tert-OH is 1. The highest BCUT2D eigenvalue weighted by atomic mass is 16.5. The molecule has 184 valence electrons. The van der Waals surface area contributed by atoms with Gasteiger partial charge in [-0.1, -0.05) is 56.3 Å². The molecule has 0 aliphatic carbocycles. The van der Waals surface area contributed by atoms with E-state index in [0.717, 1.165) is 12.0 Å². The molecule has 3 aromatic carbocycles. The third-order valence-electron chi connectivity index (χ3n) is 6.09. The SMILES string of the molecule is CCCOC(=O)c1cccc(N2C(=O)C(=O)/C(=C(/O)c3ccc(CC)cc3)C2c2ccc(O)cc2)c1. The van der Waals surface area contributed by atoms with Gasteiger partial charge in [0, 0.05) is 11.3 Å². The number of esters is 1. The summed E-state index contributed by atoms with van der Waals surface area (Å²) in [6, 6.07) is 18.5. The van der Waals surface area contributed by atoms with Crippen LogP contribution in [0.15, 0.2) is 78.4 Å². The van der Waals surface area contributed by atoms with Gasteiger partial charge in [0.1, 0.15) is 11.5 Å². The Morgan fingerprint density at radius 2 is 1.64 bits per heavy atom. The molecule has 1 aliphatic heterocycles. The maximum absolute atomic E-state index is 13.3. The normalized spacial score (nSPS) is 16.8. The van der Waals surface area contributed by atoms with Gasteiger partial charge in [-0.3, -0.25) is 14.5 Å². The minimum Gasteiger partial charge on any atom is -0.508 e. The van der Waals surface area contributed by atoms with Gasteiger partial charge in [0.25, 0.3) is 11.7 Å². The second kappa shape index (κ2) is 10.5. The Hall–Kier alpha value is -4.39. The van der Waals surface area contributed by atoms with Gasteiger partial charge in [0.15, 0.2) is 0 Å². The fourth-order valence-electron chi connectivity index (χ4n) is 4.19. The van der Waals surface area contributed by atoms with Crippen molar-refractivity contribution >= 4 is 29.1 Å². The number of ketones is 1. The van der Waals surface area contributed by atoms with Gasteiger partial charge in [0.05, 0.1) is 23.8 Å². The first kappa shape index (κ1) is 24.7. The summed E-state index contributed by atoms with van der Waals surface area (Å²) in [5, 5.41) is 21.0. The molecule has 2 N–H and O–H groups in total. The molecule has 1 saturated heterocycles. The topological polar surface area (TPSA) is 104 Å². The van der Waals surface area contributed by atoms with Crippen molar-refractivity contribution in [2.45, 2.75) is 32.7 Å². The summed E-state index contributed by atoms with van der Waals surface area (Å²) >= 11 is 0. The number of anilines is 1. The van der Waals surface area contributed by atoms with E-state index in [1.54, 1.807) is 42.5 Å². The van der Waals surface area contributed by atoms with E-state index in [-0.39, 0.29) is 29.3 Å². The highest BCUT2D eigenvalue weighted by Gasteiger charge is 2.47. The van der Waals surface area contributed by atoms with Crippen LogP contribution in [0.1, 0.15) is 53.4 Å². The number of aliphatic hydroxyl groups is 1. The van der Waals surface area contributed by atoms with Crippen LogP contribution in [0.2, 0.25) is 0 Å². The van der Waals surface area contributed by atoms with Gasteiger partial charge in [-0.05, 0) is 54.3 Å². The van der Waals surface area contributed by atoms with Gasteiger partial charge < -0.3 is 14.9 Å². The molecule has 4 rings (SSSR count). The van der Waals surface area contributed by atoms with E-state index in [4.69, 9.17) is 4.74 Å². The first-order valence-electron chi connectivity index (χ1n) is 11.8. The molecule has 0 aromatic heterocycles. The average molecular weight is 486 g/mol. The van der Waals surface area contributed by atoms with Crippen molar-refractivity contribution in [3.8, 4) is 5.75 Å². The smallest absolute Gasteiger partial charge is 0.338 e. The summed E-state index contributed by atoms with van der Waals surface area (Å²) in [5.41, 5.74) is 2.45. The van der Waals surface area contributed by atoms with Crippen molar-refractivity contribution in [1.82, 2.24) is 0 Å². The predicted octanol–water partition coefficient (Wildman–Crippen LogP) is 5.15. The first-order chi connectivity index (χ1) is 17.3. The molecule has 1 heterocycles. The van der Waals surface area contributed by atoms with E-state index in [1.165, 1.54) is 23.1 Å². The van der Waals surface area contributed by atoms with Crippen LogP contribution in [-0.4, -0.2) is 34.5 Å². The number of benzene rings is 3. The number of nitrogens with zero attached hydrogens (tertiary/aromatic N) is 1. The van der Waals surface area contributed by atoms with Crippen LogP contribution in [0.5, 0.6) is 5.75 Å². The zero-order chi connectivity index (χ0) is 25.8. The molecule has 1 amide bonds. The van der Waals surface area contributed by atoms with Crippen molar-refractivity contribution in [3.63, 3.8) is 0 Å². The van der Waals surface area contributed by atoms with Crippen LogP contribution in [0.25, 0.3) is 5.76 Å². The lowest BCUT2D eigenvalue weighted by molar-refractivity contribution is -0.132. The molecule has 7 nitrogen and oxygen atoms in total. The van der Waals surface area contributed by atoms with Crippen molar-refractivity contribution in [3.05, 3.63) is 101 Å². The zero-order valence-electron chi connectivity index (χ0n) is 20.1. The van der Waals surface area contributed by atoms with Crippen LogP contribution < -0.4 is 4.90 Å². The molecule has 3 aromatic rings. The lowest BCUT2D eigenvalue weighted by Crippen LogP contribution is -2.29. The average Bonchev–Trinajstić information content (AvgIpc) is 3.17. The number of phenols is 1. The second-order valence-corrected chi connectivity index (χ2v) is 8.50. The van der Waals surface area contributed by atoms with Gasteiger partial charge in [-0.25, -0.2) is 4.79 Å². The highest BCUT2D eigenvalue weighted by molar-refractivity contribution is 6.51. The summed E-state index contributed by atoms with van der Waals surface area (Å²) < 4.78 is 5.22. The van der Waals surface area contributed by atoms with Crippen molar-refractivity contribution in [2.24, 2.45) is 0 Å². The standard InChI is InChI=1S/C29H27NO6/c1-3-16-36-29(35)21-6-5-7-22(17-21)30-25(19-12-14-23(31)15-13-19)24(27(33)28(30)34)26(32)20-10-8-18(4-2)9-11-20/h5-15,17,25,31-32H,3-4,16H2,1-2H3/b26-24+. The number of phenolic OH excluding ortho intramolecular Hbond substituents is 1. The summed E-state index contributed by atoms with van der Waals surface area (Å²) in [7, 11) is 0. The van der Waals surface area contributed by atoms with Crippen molar-refractivity contribution in [1.29, 1.82) is 0 Å². The van der Waals surface area contributed by atoms with Crippen LogP contribution in [0.3, 0.4) is 0 Å². The molecule has 36 heavy (non-hydrogen) atoms. The van der Waals surface area contributed by atoms with Crippen LogP contribution in [0.4, 0.5) is 5.69 Å². The molecule has 0 bridgehead atoms. The van der Waals surface area contributed by atoms with E-state index in [9.17, 15) is 24.6 Å². The number of aromatic hydroxyl groups is 1. The Labute approximate surface area is 209 Å². The number of amides is 1. The molecule has 1 atom stereocenters. The summed E-state index contributed by atoms with van der Waals surface area (Å²) in [6.45, 7) is 4.16. The van der Waals surface area contributed by atoms with Gasteiger partial charge in [-0.2, -0.15) is 0 Å². The third kappa shape index (κ3) is 4.73. The van der Waals surface area contributed by atoms with Gasteiger partial charge >= 0.3 is 5.97 Å². The molecular formula is C29H27NO6. The molecule has 1 aliphatic rings. The maximum atomic E-state index is 13.3. The minimum atomic E-state index is -0.974. The van der Waals surface area contributed by atoms with Crippen LogP contribution in [0, 0.1) is 0 Å². The summed E-state index contributed by atoms with van der Waals surface area (Å²) in [4.78, 5) is 40.3. The highest BCUT2D eigenvalue weighted by Crippen LogP contribution is 2.42. The largest absolute Gasteiger partial charge is 0.508 e. The van der Waals surface area contributed by atoms with E-state index in [2.05, 4.69) is 0 Å². The number of aryl methyl sites for hydroxylation is 1. The molecule has 0 spiro atoms. The van der Waals surface area contributed by atoms with Crippen molar-refractivity contribution in [2.75, 3.05) is 11.5 Å². The number of Topliss-reactive ketones (excluding diaryl/α,β-unsaturated/α-hetero) is 1. The Bertz CT molecular complexity index is 1320. The minimum absolute atomic E-state index is 0.0199. The number of ether oxygens (including phenoxy) is 1. The fraction of sp³-hybridized carbons (Fsp3) is 0.207. The molecule has 1 unspecified atom stereocenters. The predicted molar refractivity (Wildman–Crippen MR) is 136 cm³/mol. The monoisotopic (exact) mass is 485 g/mol. The third-order valence-corrected chi connectivity index (χ3v) is 6.09. The van der Waals surface area contributed by atoms with Crippen LogP contribution >= 0.6 is 0 Å². The van der Waals surface area contributed by atoms with E-state index >= 15 is 0 Å². The number of carbonyl (C=O) groups excluding carboxylic acids is 3. The fourth-order valence-corrected chi connectivity index (χ4v) is 4.19. The number of hydrogen-bond donors (Lipinski definition) is 2. The lowest BCUT2D eigenvalue weighted by atomic mass is 9.94. The number of rotatable bonds is 7. The molecule has 7 heteroatoms. The van der Waals surface area contributed by atoms with E-state index < -0.39 is 23.7 Å². The van der Waals surface area contributed by atoms with Crippen LogP contribution in [-0.2, 0) is 20.7 Å². The first-order valence-corrected chi connectivity index (χ1v) is 11.8. The second-order valence-electron chi connectivity index (χ2n) is 8.50. The molecule has 0 saturated carbocycles.